The first-order chi connectivity index (χ1) is 10.9. The zero-order valence-corrected chi connectivity index (χ0v) is 15.5. The molecule has 0 N–H and O–H groups in total. The van der Waals surface area contributed by atoms with Gasteiger partial charge in [0.05, 0.1) is 0 Å². The van der Waals surface area contributed by atoms with Crippen LogP contribution >= 0.6 is 0 Å². The number of rotatable bonds is 7. The molecule has 4 heteroatoms. The summed E-state index contributed by atoms with van der Waals surface area (Å²) in [7, 11) is 0. The lowest BCUT2D eigenvalue weighted by atomic mass is 9.90. The lowest BCUT2D eigenvalue weighted by Gasteiger charge is -2.33. The van der Waals surface area contributed by atoms with Gasteiger partial charge in [0.25, 0.3) is 0 Å². The van der Waals surface area contributed by atoms with Crippen molar-refractivity contribution in [3.63, 3.8) is 0 Å². The number of hydrogen-bond acceptors (Lipinski definition) is 3. The van der Waals surface area contributed by atoms with Crippen molar-refractivity contribution in [2.75, 3.05) is 26.3 Å². The largest absolute Gasteiger partial charge is 0.444 e. The summed E-state index contributed by atoms with van der Waals surface area (Å²) in [5.41, 5.74) is -0.396. The standard InChI is InChI=1S/C19H35NO3/c1-5-6-12-22-13-9-16-14-17(16)15-7-10-20(11-8-15)18(21)23-19(2,3)4/h15-17H,5-14H2,1-4H3. The maximum atomic E-state index is 12.1. The van der Waals surface area contributed by atoms with Gasteiger partial charge >= 0.3 is 6.09 Å². The summed E-state index contributed by atoms with van der Waals surface area (Å²) in [4.78, 5) is 14.0. The Balaban J connectivity index is 1.60. The Kier molecular flexibility index (Phi) is 6.75. The number of amides is 1. The second kappa shape index (κ2) is 8.36. The van der Waals surface area contributed by atoms with E-state index in [2.05, 4.69) is 6.92 Å². The van der Waals surface area contributed by atoms with Gasteiger partial charge in [0, 0.05) is 26.3 Å². The summed E-state index contributed by atoms with van der Waals surface area (Å²) in [6, 6.07) is 0. The molecular weight excluding hydrogens is 290 g/mol. The van der Waals surface area contributed by atoms with Crippen molar-refractivity contribution in [1.29, 1.82) is 0 Å². The third-order valence-electron chi connectivity index (χ3n) is 5.05. The molecular formula is C19H35NO3. The lowest BCUT2D eigenvalue weighted by Crippen LogP contribution is -2.42. The van der Waals surface area contributed by atoms with Crippen molar-refractivity contribution in [2.24, 2.45) is 17.8 Å². The number of carbonyl (C=O) groups is 1. The molecule has 0 aromatic carbocycles. The van der Waals surface area contributed by atoms with Crippen molar-refractivity contribution >= 4 is 6.09 Å². The van der Waals surface area contributed by atoms with Crippen LogP contribution in [0.4, 0.5) is 4.79 Å². The number of carbonyl (C=O) groups excluding carboxylic acids is 1. The first-order valence-electron chi connectivity index (χ1n) is 9.46. The van der Waals surface area contributed by atoms with Gasteiger partial charge in [-0.1, -0.05) is 13.3 Å². The van der Waals surface area contributed by atoms with Crippen LogP contribution in [0.25, 0.3) is 0 Å². The molecule has 0 spiro atoms. The van der Waals surface area contributed by atoms with Gasteiger partial charge in [0.15, 0.2) is 0 Å². The quantitative estimate of drug-likeness (QED) is 0.648. The van der Waals surface area contributed by atoms with Crippen molar-refractivity contribution in [1.82, 2.24) is 4.90 Å². The third-order valence-corrected chi connectivity index (χ3v) is 5.05. The highest BCUT2D eigenvalue weighted by Gasteiger charge is 2.43. The fourth-order valence-corrected chi connectivity index (χ4v) is 3.60. The van der Waals surface area contributed by atoms with Crippen LogP contribution < -0.4 is 0 Å². The Bertz CT molecular complexity index is 369. The number of likely N-dealkylation sites (tertiary alicyclic amines) is 1. The predicted octanol–water partition coefficient (Wildman–Crippen LogP) is 4.48. The first kappa shape index (κ1) is 18.6. The molecule has 2 unspecified atom stereocenters. The van der Waals surface area contributed by atoms with Crippen molar-refractivity contribution in [3.05, 3.63) is 0 Å². The SMILES string of the molecule is CCCCOCCC1CC1C1CCN(C(=O)OC(C)(C)C)CC1. The molecule has 134 valence electrons. The Morgan fingerprint density at radius 1 is 1.17 bits per heavy atom. The normalized spacial score (nSPS) is 25.5. The summed E-state index contributed by atoms with van der Waals surface area (Å²) in [6.45, 7) is 11.5. The van der Waals surface area contributed by atoms with Gasteiger partial charge in [-0.15, -0.1) is 0 Å². The average Bonchev–Trinajstić information content (AvgIpc) is 3.25. The van der Waals surface area contributed by atoms with Crippen LogP contribution in [0.2, 0.25) is 0 Å². The van der Waals surface area contributed by atoms with E-state index in [9.17, 15) is 4.79 Å². The van der Waals surface area contributed by atoms with Crippen molar-refractivity contribution < 1.29 is 14.3 Å². The summed E-state index contributed by atoms with van der Waals surface area (Å²) in [6.07, 6.45) is 7.11. The molecule has 2 rings (SSSR count). The van der Waals surface area contributed by atoms with Crippen LogP contribution in [-0.2, 0) is 9.47 Å². The molecule has 0 aromatic rings. The van der Waals surface area contributed by atoms with Gasteiger partial charge in [-0.3, -0.25) is 0 Å². The van der Waals surface area contributed by atoms with Crippen LogP contribution in [0.3, 0.4) is 0 Å². The molecule has 4 nitrogen and oxygen atoms in total. The Hall–Kier alpha value is -0.770. The van der Waals surface area contributed by atoms with E-state index in [4.69, 9.17) is 9.47 Å². The molecule has 1 saturated carbocycles. The minimum absolute atomic E-state index is 0.146. The smallest absolute Gasteiger partial charge is 0.410 e. The lowest BCUT2D eigenvalue weighted by molar-refractivity contribution is 0.0173. The molecule has 1 aliphatic carbocycles. The maximum absolute atomic E-state index is 12.1. The predicted molar refractivity (Wildman–Crippen MR) is 92.5 cm³/mol. The zero-order valence-electron chi connectivity index (χ0n) is 15.5. The number of hydrogen-bond donors (Lipinski definition) is 0. The van der Waals surface area contributed by atoms with E-state index in [1.807, 2.05) is 25.7 Å². The van der Waals surface area contributed by atoms with Crippen LogP contribution in [0.15, 0.2) is 0 Å². The molecule has 1 saturated heterocycles. The maximum Gasteiger partial charge on any atom is 0.410 e. The van der Waals surface area contributed by atoms with Gasteiger partial charge in [-0.25, -0.2) is 4.79 Å². The van der Waals surface area contributed by atoms with E-state index in [1.54, 1.807) is 0 Å². The molecule has 2 atom stereocenters. The van der Waals surface area contributed by atoms with Crippen molar-refractivity contribution in [2.45, 2.75) is 71.8 Å². The molecule has 2 fully saturated rings. The van der Waals surface area contributed by atoms with E-state index >= 15 is 0 Å². The molecule has 0 bridgehead atoms. The molecule has 1 heterocycles. The number of nitrogens with zero attached hydrogens (tertiary/aromatic N) is 1. The Labute approximate surface area is 141 Å². The molecule has 0 radical (unpaired) electrons. The second-order valence-corrected chi connectivity index (χ2v) is 8.22. The number of unbranched alkanes of at least 4 members (excludes halogenated alkanes) is 1. The van der Waals surface area contributed by atoms with E-state index in [-0.39, 0.29) is 6.09 Å². The monoisotopic (exact) mass is 325 g/mol. The van der Waals surface area contributed by atoms with Crippen LogP contribution in [0, 0.1) is 17.8 Å². The van der Waals surface area contributed by atoms with Gasteiger partial charge in [-0.2, -0.15) is 0 Å². The molecule has 2 aliphatic rings. The summed E-state index contributed by atoms with van der Waals surface area (Å²) >= 11 is 0. The molecule has 1 aliphatic heterocycles. The Morgan fingerprint density at radius 2 is 1.87 bits per heavy atom. The fourth-order valence-electron chi connectivity index (χ4n) is 3.60. The van der Waals surface area contributed by atoms with E-state index < -0.39 is 5.60 Å². The van der Waals surface area contributed by atoms with Gasteiger partial charge in [-0.05, 0) is 70.6 Å². The number of ether oxygens (including phenoxy) is 2. The second-order valence-electron chi connectivity index (χ2n) is 8.22. The topological polar surface area (TPSA) is 38.8 Å². The average molecular weight is 325 g/mol. The summed E-state index contributed by atoms with van der Waals surface area (Å²) in [5.74, 6) is 2.55. The van der Waals surface area contributed by atoms with E-state index in [0.717, 1.165) is 56.9 Å². The van der Waals surface area contributed by atoms with E-state index in [1.165, 1.54) is 25.7 Å². The number of piperidine rings is 1. The summed E-state index contributed by atoms with van der Waals surface area (Å²) < 4.78 is 11.2. The Morgan fingerprint density at radius 3 is 2.48 bits per heavy atom. The zero-order chi connectivity index (χ0) is 16.9. The highest BCUT2D eigenvalue weighted by atomic mass is 16.6. The molecule has 1 amide bonds. The van der Waals surface area contributed by atoms with Gasteiger partial charge in [0.1, 0.15) is 5.60 Å². The summed E-state index contributed by atoms with van der Waals surface area (Å²) in [5, 5.41) is 0. The van der Waals surface area contributed by atoms with Crippen molar-refractivity contribution in [3.8, 4) is 0 Å². The first-order valence-corrected chi connectivity index (χ1v) is 9.46. The van der Waals surface area contributed by atoms with Crippen LogP contribution in [-0.4, -0.2) is 42.9 Å². The minimum Gasteiger partial charge on any atom is -0.444 e. The highest BCUT2D eigenvalue weighted by Crippen LogP contribution is 2.49. The molecule has 23 heavy (non-hydrogen) atoms. The van der Waals surface area contributed by atoms with Crippen LogP contribution in [0.5, 0.6) is 0 Å². The third kappa shape index (κ3) is 6.33. The van der Waals surface area contributed by atoms with Gasteiger partial charge < -0.3 is 14.4 Å². The highest BCUT2D eigenvalue weighted by molar-refractivity contribution is 5.68. The van der Waals surface area contributed by atoms with Gasteiger partial charge in [0.2, 0.25) is 0 Å². The van der Waals surface area contributed by atoms with E-state index in [0.29, 0.717) is 0 Å². The molecule has 0 aromatic heterocycles. The van der Waals surface area contributed by atoms with Crippen LogP contribution in [0.1, 0.15) is 66.2 Å². The fraction of sp³-hybridized carbons (Fsp3) is 0.947. The minimum atomic E-state index is -0.396.